The van der Waals surface area contributed by atoms with Gasteiger partial charge in [-0.2, -0.15) is 0 Å². The number of amides is 1. The van der Waals surface area contributed by atoms with Gasteiger partial charge in [-0.25, -0.2) is 0 Å². The number of nitrogens with zero attached hydrogens (tertiary/aromatic N) is 1. The molecule has 1 aliphatic heterocycles. The van der Waals surface area contributed by atoms with Crippen LogP contribution in [0.4, 0.5) is 0 Å². The second-order valence-electron chi connectivity index (χ2n) is 6.00. The number of halogens is 1. The van der Waals surface area contributed by atoms with Gasteiger partial charge in [0.1, 0.15) is 11.5 Å². The Hall–Kier alpha value is -2.83. The highest BCUT2D eigenvalue weighted by molar-refractivity contribution is 6.46. The van der Waals surface area contributed by atoms with Gasteiger partial charge in [-0.3, -0.25) is 9.59 Å². The number of aliphatic hydroxyl groups excluding tert-OH is 2. The average Bonchev–Trinajstić information content (AvgIpc) is 2.93. The number of β-amino-alcohol motifs (C(OH)–C–C–N with tert-alkyl or cyclic N) is 1. The number of ether oxygens (including phenoxy) is 1. The number of hydrogen-bond donors (Lipinski definition) is 2. The first-order chi connectivity index (χ1) is 13.0. The molecular weight excluding hydrogens is 370 g/mol. The molecule has 0 spiro atoms. The lowest BCUT2D eigenvalue weighted by Gasteiger charge is -2.24. The van der Waals surface area contributed by atoms with Crippen molar-refractivity contribution in [2.24, 2.45) is 0 Å². The van der Waals surface area contributed by atoms with Crippen LogP contribution in [0.25, 0.3) is 5.76 Å². The van der Waals surface area contributed by atoms with E-state index in [-0.39, 0.29) is 24.5 Å². The van der Waals surface area contributed by atoms with E-state index in [1.165, 1.54) is 12.0 Å². The third kappa shape index (κ3) is 3.54. The maximum Gasteiger partial charge on any atom is 0.295 e. The number of methoxy groups -OCH3 is 1. The maximum absolute atomic E-state index is 12.6. The Balaban J connectivity index is 2.15. The Morgan fingerprint density at radius 1 is 1.11 bits per heavy atom. The molecule has 0 bridgehead atoms. The highest BCUT2D eigenvalue weighted by Gasteiger charge is 2.45. The Kier molecular flexibility index (Phi) is 5.48. The predicted octanol–water partition coefficient (Wildman–Crippen LogP) is 2.76. The van der Waals surface area contributed by atoms with Gasteiger partial charge in [-0.05, 0) is 42.0 Å². The van der Waals surface area contributed by atoms with E-state index in [0.717, 1.165) is 0 Å². The van der Waals surface area contributed by atoms with E-state index < -0.39 is 17.7 Å². The smallest absolute Gasteiger partial charge is 0.295 e. The maximum atomic E-state index is 12.6. The SMILES string of the molecule is COc1ccc([C@H]2C(=C(O)c3ccc(Cl)cc3)C(=O)C(=O)N2CCO)cc1. The molecule has 1 amide bonds. The van der Waals surface area contributed by atoms with Crippen molar-refractivity contribution in [3.63, 3.8) is 0 Å². The molecule has 0 aliphatic carbocycles. The summed E-state index contributed by atoms with van der Waals surface area (Å²) in [6.45, 7) is -0.334. The van der Waals surface area contributed by atoms with Crippen LogP contribution in [0.1, 0.15) is 17.2 Å². The van der Waals surface area contributed by atoms with E-state index in [1.807, 2.05) is 0 Å². The summed E-state index contributed by atoms with van der Waals surface area (Å²) in [7, 11) is 1.54. The standard InChI is InChI=1S/C20H18ClNO5/c1-27-15-8-4-12(5-9-15)17-16(19(25)20(26)22(17)10-11-23)18(24)13-2-6-14(21)7-3-13/h2-9,17,23-24H,10-11H2,1H3/t17-/m0/s1. The Labute approximate surface area is 161 Å². The lowest BCUT2D eigenvalue weighted by molar-refractivity contribution is -0.140. The van der Waals surface area contributed by atoms with Gasteiger partial charge in [0.05, 0.1) is 25.3 Å². The number of carbonyl (C=O) groups excluding carboxylic acids is 2. The van der Waals surface area contributed by atoms with Gasteiger partial charge in [0.15, 0.2) is 0 Å². The average molecular weight is 388 g/mol. The molecule has 27 heavy (non-hydrogen) atoms. The molecule has 6 nitrogen and oxygen atoms in total. The minimum Gasteiger partial charge on any atom is -0.507 e. The van der Waals surface area contributed by atoms with Gasteiger partial charge in [0.25, 0.3) is 11.7 Å². The van der Waals surface area contributed by atoms with E-state index >= 15 is 0 Å². The van der Waals surface area contributed by atoms with Crippen molar-refractivity contribution in [3.8, 4) is 5.75 Å². The van der Waals surface area contributed by atoms with Crippen LogP contribution in [-0.2, 0) is 9.59 Å². The molecule has 2 aromatic rings. The van der Waals surface area contributed by atoms with Crippen LogP contribution in [0.15, 0.2) is 54.1 Å². The Bertz CT molecular complexity index is 890. The molecule has 1 atom stereocenters. The first-order valence-corrected chi connectivity index (χ1v) is 8.65. The second kappa shape index (κ2) is 7.82. The summed E-state index contributed by atoms with van der Waals surface area (Å²) in [6.07, 6.45) is 0. The van der Waals surface area contributed by atoms with Gasteiger partial charge in [-0.1, -0.05) is 23.7 Å². The van der Waals surface area contributed by atoms with Crippen LogP contribution < -0.4 is 4.74 Å². The summed E-state index contributed by atoms with van der Waals surface area (Å²) in [5.74, 6) is -1.22. The molecule has 1 fully saturated rings. The number of ketones is 1. The molecule has 0 aromatic heterocycles. The highest BCUT2D eigenvalue weighted by atomic mass is 35.5. The molecule has 1 aliphatic rings. The van der Waals surface area contributed by atoms with E-state index in [1.54, 1.807) is 48.5 Å². The number of rotatable bonds is 5. The van der Waals surface area contributed by atoms with Gasteiger partial charge in [0, 0.05) is 17.1 Å². The highest BCUT2D eigenvalue weighted by Crippen LogP contribution is 2.39. The van der Waals surface area contributed by atoms with Gasteiger partial charge in [0.2, 0.25) is 0 Å². The van der Waals surface area contributed by atoms with E-state index in [9.17, 15) is 19.8 Å². The fraction of sp³-hybridized carbons (Fsp3) is 0.200. The summed E-state index contributed by atoms with van der Waals surface area (Å²) in [5.41, 5.74) is 0.972. The number of Topliss-reactive ketones (excluding diaryl/α,β-unsaturated/α-hetero) is 1. The molecule has 2 N–H and O–H groups in total. The number of benzene rings is 2. The fourth-order valence-electron chi connectivity index (χ4n) is 3.11. The van der Waals surface area contributed by atoms with Crippen LogP contribution in [0.2, 0.25) is 5.02 Å². The molecule has 7 heteroatoms. The quantitative estimate of drug-likeness (QED) is 0.468. The Morgan fingerprint density at radius 3 is 2.30 bits per heavy atom. The Morgan fingerprint density at radius 2 is 1.74 bits per heavy atom. The largest absolute Gasteiger partial charge is 0.507 e. The summed E-state index contributed by atoms with van der Waals surface area (Å²) in [5, 5.41) is 20.6. The molecular formula is C20H18ClNO5. The zero-order valence-corrected chi connectivity index (χ0v) is 15.3. The summed E-state index contributed by atoms with van der Waals surface area (Å²) >= 11 is 5.88. The first kappa shape index (κ1) is 18.9. The van der Waals surface area contributed by atoms with Gasteiger partial charge >= 0.3 is 0 Å². The molecule has 0 unspecified atom stereocenters. The zero-order valence-electron chi connectivity index (χ0n) is 14.6. The monoisotopic (exact) mass is 387 g/mol. The second-order valence-corrected chi connectivity index (χ2v) is 6.43. The third-order valence-electron chi connectivity index (χ3n) is 4.43. The van der Waals surface area contributed by atoms with Crippen molar-refractivity contribution >= 4 is 29.1 Å². The predicted molar refractivity (Wildman–Crippen MR) is 101 cm³/mol. The van der Waals surface area contributed by atoms with Crippen LogP contribution in [-0.4, -0.2) is 47.1 Å². The van der Waals surface area contributed by atoms with Crippen molar-refractivity contribution in [3.05, 3.63) is 70.3 Å². The van der Waals surface area contributed by atoms with E-state index in [0.29, 0.717) is 21.9 Å². The molecule has 140 valence electrons. The molecule has 2 aromatic carbocycles. The molecule has 1 saturated heterocycles. The van der Waals surface area contributed by atoms with Crippen molar-refractivity contribution in [1.29, 1.82) is 0 Å². The lowest BCUT2D eigenvalue weighted by Crippen LogP contribution is -2.32. The van der Waals surface area contributed by atoms with Crippen molar-refractivity contribution in [2.75, 3.05) is 20.3 Å². The van der Waals surface area contributed by atoms with Gasteiger partial charge < -0.3 is 19.8 Å². The minimum atomic E-state index is -0.807. The van der Waals surface area contributed by atoms with Crippen molar-refractivity contribution in [2.45, 2.75) is 6.04 Å². The normalized spacial score (nSPS) is 18.8. The number of likely N-dealkylation sites (tertiary alicyclic amines) is 1. The summed E-state index contributed by atoms with van der Waals surface area (Å²) < 4.78 is 5.14. The summed E-state index contributed by atoms with van der Waals surface area (Å²) in [6, 6.07) is 12.4. The van der Waals surface area contributed by atoms with Crippen LogP contribution in [0.3, 0.4) is 0 Å². The molecule has 0 radical (unpaired) electrons. The molecule has 1 heterocycles. The zero-order chi connectivity index (χ0) is 19.6. The van der Waals surface area contributed by atoms with E-state index in [2.05, 4.69) is 0 Å². The fourth-order valence-corrected chi connectivity index (χ4v) is 3.24. The number of hydrogen-bond acceptors (Lipinski definition) is 5. The number of aliphatic hydroxyl groups is 2. The minimum absolute atomic E-state index is 0.0269. The number of carbonyl (C=O) groups is 2. The first-order valence-electron chi connectivity index (χ1n) is 8.27. The van der Waals surface area contributed by atoms with Crippen LogP contribution in [0.5, 0.6) is 5.75 Å². The van der Waals surface area contributed by atoms with Crippen LogP contribution in [0, 0.1) is 0 Å². The molecule has 0 saturated carbocycles. The topological polar surface area (TPSA) is 87.1 Å². The van der Waals surface area contributed by atoms with Gasteiger partial charge in [-0.15, -0.1) is 0 Å². The van der Waals surface area contributed by atoms with Crippen molar-refractivity contribution in [1.82, 2.24) is 4.90 Å². The van der Waals surface area contributed by atoms with Crippen molar-refractivity contribution < 1.29 is 24.5 Å². The lowest BCUT2D eigenvalue weighted by atomic mass is 9.95. The van der Waals surface area contributed by atoms with Crippen LogP contribution >= 0.6 is 11.6 Å². The summed E-state index contributed by atoms with van der Waals surface area (Å²) in [4.78, 5) is 26.4. The van der Waals surface area contributed by atoms with E-state index in [4.69, 9.17) is 16.3 Å². The third-order valence-corrected chi connectivity index (χ3v) is 4.68. The molecule has 3 rings (SSSR count).